The van der Waals surface area contributed by atoms with Gasteiger partial charge in [-0.15, -0.1) is 0 Å². The first kappa shape index (κ1) is 27.0. The zero-order valence-corrected chi connectivity index (χ0v) is 21.5. The van der Waals surface area contributed by atoms with E-state index >= 15 is 0 Å². The Kier molecular flexibility index (Phi) is 8.30. The van der Waals surface area contributed by atoms with Gasteiger partial charge >= 0.3 is 5.97 Å². The predicted molar refractivity (Wildman–Crippen MR) is 144 cm³/mol. The largest absolute Gasteiger partial charge is 0.464 e. The minimum Gasteiger partial charge on any atom is -0.464 e. The lowest BCUT2D eigenvalue weighted by molar-refractivity contribution is -0.147. The fourth-order valence-electron chi connectivity index (χ4n) is 4.22. The number of esters is 1. The van der Waals surface area contributed by atoms with Gasteiger partial charge in [-0.2, -0.15) is 0 Å². The summed E-state index contributed by atoms with van der Waals surface area (Å²) in [6.07, 6.45) is 1.60. The van der Waals surface area contributed by atoms with Crippen LogP contribution in [0.4, 0.5) is 5.69 Å². The second kappa shape index (κ2) is 12.0. The molecular formula is C30H27N3O6. The first-order valence-electron chi connectivity index (χ1n) is 12.4. The second-order valence-electron chi connectivity index (χ2n) is 8.80. The maximum atomic E-state index is 13.0. The van der Waals surface area contributed by atoms with E-state index in [1.807, 2.05) is 18.2 Å². The molecule has 0 aromatic heterocycles. The molecule has 3 aromatic rings. The third-order valence-electron chi connectivity index (χ3n) is 6.00. The Hall–Kier alpha value is -5.05. The summed E-state index contributed by atoms with van der Waals surface area (Å²) in [6.45, 7) is 3.06. The third kappa shape index (κ3) is 6.27. The van der Waals surface area contributed by atoms with Gasteiger partial charge in [-0.1, -0.05) is 54.6 Å². The highest BCUT2D eigenvalue weighted by Crippen LogP contribution is 2.27. The molecule has 1 atom stereocenters. The van der Waals surface area contributed by atoms with Gasteiger partial charge in [-0.25, -0.2) is 4.79 Å². The molecule has 0 aliphatic carbocycles. The lowest BCUT2D eigenvalue weighted by atomic mass is 10.0. The number of carbonyl (C=O) groups is 5. The standard InChI is InChI=1S/C30H27N3O6/c1-3-39-30(38)26(33-28(36)23-11-7-8-12-24(23)29(33)37)18-21-13-15-22(16-14-21)32-27(35)25(31-19(2)34)17-20-9-5-4-6-10-20/h4-17,26H,3,18H2,1-2H3,(H,31,34)(H,32,35)/b25-17+. The van der Waals surface area contributed by atoms with E-state index in [1.165, 1.54) is 6.92 Å². The van der Waals surface area contributed by atoms with Crippen molar-refractivity contribution in [2.24, 2.45) is 0 Å². The van der Waals surface area contributed by atoms with Crippen molar-refractivity contribution in [3.63, 3.8) is 0 Å². The van der Waals surface area contributed by atoms with Crippen LogP contribution in [0.15, 0.2) is 84.6 Å². The number of hydrogen-bond donors (Lipinski definition) is 2. The molecule has 1 aliphatic heterocycles. The minimum absolute atomic E-state index is 0.0313. The second-order valence-corrected chi connectivity index (χ2v) is 8.80. The molecule has 39 heavy (non-hydrogen) atoms. The Labute approximate surface area is 225 Å². The van der Waals surface area contributed by atoms with E-state index in [1.54, 1.807) is 73.7 Å². The zero-order valence-electron chi connectivity index (χ0n) is 21.5. The molecule has 0 fully saturated rings. The van der Waals surface area contributed by atoms with Crippen molar-refractivity contribution in [3.05, 3.63) is 107 Å². The van der Waals surface area contributed by atoms with Crippen LogP contribution in [0.5, 0.6) is 0 Å². The molecule has 3 aromatic carbocycles. The molecule has 198 valence electrons. The molecule has 0 bridgehead atoms. The SMILES string of the molecule is CCOC(=O)C(Cc1ccc(NC(=O)/C(=C\c2ccccc2)NC(C)=O)cc1)N1C(=O)c2ccccc2C1=O. The van der Waals surface area contributed by atoms with E-state index in [0.717, 1.165) is 10.5 Å². The maximum Gasteiger partial charge on any atom is 0.329 e. The summed E-state index contributed by atoms with van der Waals surface area (Å²) < 4.78 is 5.18. The van der Waals surface area contributed by atoms with E-state index in [2.05, 4.69) is 10.6 Å². The van der Waals surface area contributed by atoms with Crippen molar-refractivity contribution < 1.29 is 28.7 Å². The predicted octanol–water partition coefficient (Wildman–Crippen LogP) is 3.57. The Morgan fingerprint density at radius 3 is 2.03 bits per heavy atom. The normalized spacial score (nSPS) is 13.5. The molecule has 2 N–H and O–H groups in total. The highest BCUT2D eigenvalue weighted by atomic mass is 16.5. The number of hydrogen-bond acceptors (Lipinski definition) is 6. The van der Waals surface area contributed by atoms with E-state index in [-0.39, 0.29) is 35.8 Å². The number of anilines is 1. The van der Waals surface area contributed by atoms with E-state index in [0.29, 0.717) is 11.3 Å². The highest BCUT2D eigenvalue weighted by molar-refractivity contribution is 6.22. The molecule has 1 unspecified atom stereocenters. The quantitative estimate of drug-likeness (QED) is 0.250. The maximum absolute atomic E-state index is 13.0. The Morgan fingerprint density at radius 1 is 0.872 bits per heavy atom. The molecule has 0 saturated carbocycles. The average molecular weight is 526 g/mol. The zero-order chi connectivity index (χ0) is 27.9. The monoisotopic (exact) mass is 525 g/mol. The van der Waals surface area contributed by atoms with Crippen LogP contribution in [-0.4, -0.2) is 47.1 Å². The third-order valence-corrected chi connectivity index (χ3v) is 6.00. The number of amides is 4. The van der Waals surface area contributed by atoms with Crippen molar-refractivity contribution in [1.82, 2.24) is 10.2 Å². The van der Waals surface area contributed by atoms with E-state index in [9.17, 15) is 24.0 Å². The van der Waals surface area contributed by atoms with E-state index < -0.39 is 29.7 Å². The Balaban J connectivity index is 1.52. The van der Waals surface area contributed by atoms with Crippen LogP contribution >= 0.6 is 0 Å². The number of nitrogens with zero attached hydrogens (tertiary/aromatic N) is 1. The lowest BCUT2D eigenvalue weighted by Crippen LogP contribution is -2.47. The molecule has 4 amide bonds. The lowest BCUT2D eigenvalue weighted by Gasteiger charge is -2.24. The molecule has 0 radical (unpaired) electrons. The smallest absolute Gasteiger partial charge is 0.329 e. The summed E-state index contributed by atoms with van der Waals surface area (Å²) in [6, 6.07) is 21.0. The van der Waals surface area contributed by atoms with Crippen molar-refractivity contribution in [3.8, 4) is 0 Å². The molecule has 4 rings (SSSR count). The van der Waals surface area contributed by atoms with Crippen LogP contribution in [0.25, 0.3) is 6.08 Å². The van der Waals surface area contributed by atoms with Gasteiger partial charge in [0.05, 0.1) is 17.7 Å². The fourth-order valence-corrected chi connectivity index (χ4v) is 4.22. The molecule has 0 saturated heterocycles. The number of rotatable bonds is 9. The minimum atomic E-state index is -1.15. The Morgan fingerprint density at radius 2 is 1.46 bits per heavy atom. The summed E-state index contributed by atoms with van der Waals surface area (Å²) in [5, 5.41) is 5.29. The topological polar surface area (TPSA) is 122 Å². The van der Waals surface area contributed by atoms with Crippen molar-refractivity contribution in [2.75, 3.05) is 11.9 Å². The number of ether oxygens (including phenoxy) is 1. The van der Waals surface area contributed by atoms with E-state index in [4.69, 9.17) is 4.74 Å². The first-order chi connectivity index (χ1) is 18.8. The van der Waals surface area contributed by atoms with Crippen LogP contribution in [0.3, 0.4) is 0 Å². The van der Waals surface area contributed by atoms with Gasteiger partial charge in [0.25, 0.3) is 17.7 Å². The number of fused-ring (bicyclic) bond motifs is 1. The number of carbonyl (C=O) groups excluding carboxylic acids is 5. The van der Waals surface area contributed by atoms with Gasteiger partial charge in [0.2, 0.25) is 5.91 Å². The molecule has 9 nitrogen and oxygen atoms in total. The summed E-state index contributed by atoms with van der Waals surface area (Å²) in [5.41, 5.74) is 2.39. The van der Waals surface area contributed by atoms with Gasteiger partial charge in [-0.05, 0) is 48.4 Å². The molecule has 1 aliphatic rings. The van der Waals surface area contributed by atoms with Crippen LogP contribution in [0, 0.1) is 0 Å². The summed E-state index contributed by atoms with van der Waals surface area (Å²) in [5.74, 6) is -2.69. The molecule has 1 heterocycles. The van der Waals surface area contributed by atoms with Gasteiger partial charge in [0.15, 0.2) is 0 Å². The van der Waals surface area contributed by atoms with Crippen molar-refractivity contribution in [2.45, 2.75) is 26.3 Å². The average Bonchev–Trinajstić information content (AvgIpc) is 3.18. The van der Waals surface area contributed by atoms with Crippen molar-refractivity contribution in [1.29, 1.82) is 0 Å². The van der Waals surface area contributed by atoms with Gasteiger partial charge in [-0.3, -0.25) is 24.1 Å². The molecule has 0 spiro atoms. The number of imide groups is 1. The van der Waals surface area contributed by atoms with Gasteiger partial charge in [0, 0.05) is 19.0 Å². The van der Waals surface area contributed by atoms with Gasteiger partial charge in [0.1, 0.15) is 11.7 Å². The fraction of sp³-hybridized carbons (Fsp3) is 0.167. The summed E-state index contributed by atoms with van der Waals surface area (Å²) in [7, 11) is 0. The first-order valence-corrected chi connectivity index (χ1v) is 12.4. The number of nitrogens with one attached hydrogen (secondary N) is 2. The van der Waals surface area contributed by atoms with Crippen LogP contribution < -0.4 is 10.6 Å². The van der Waals surface area contributed by atoms with Crippen molar-refractivity contribution >= 4 is 41.4 Å². The number of benzene rings is 3. The van der Waals surface area contributed by atoms with Crippen LogP contribution in [-0.2, 0) is 25.5 Å². The molecular weight excluding hydrogens is 498 g/mol. The van der Waals surface area contributed by atoms with Crippen LogP contribution in [0.2, 0.25) is 0 Å². The molecule has 9 heteroatoms. The summed E-state index contributed by atoms with van der Waals surface area (Å²) >= 11 is 0. The van der Waals surface area contributed by atoms with Crippen LogP contribution in [0.1, 0.15) is 45.7 Å². The van der Waals surface area contributed by atoms with Gasteiger partial charge < -0.3 is 15.4 Å². The highest BCUT2D eigenvalue weighted by Gasteiger charge is 2.43. The Bertz CT molecular complexity index is 1410. The summed E-state index contributed by atoms with van der Waals surface area (Å²) in [4.78, 5) is 64.4.